The number of halogens is 1. The summed E-state index contributed by atoms with van der Waals surface area (Å²) in [4.78, 5) is 2.46. The standard InChI is InChI=1S/C20H26ClN3O/c1-3-17-15(19(21)23(2)22-17)13-24-10-8-20(9-11-24)16-7-5-4-6-14(16)12-18(20)25/h4-7,18,25H,3,8-13H2,1-2H3. The van der Waals surface area contributed by atoms with Crippen molar-refractivity contribution in [3.05, 3.63) is 51.8 Å². The molecule has 25 heavy (non-hydrogen) atoms. The quantitative estimate of drug-likeness (QED) is 0.915. The van der Waals surface area contributed by atoms with Crippen LogP contribution >= 0.6 is 11.6 Å². The van der Waals surface area contributed by atoms with E-state index < -0.39 is 0 Å². The van der Waals surface area contributed by atoms with Crippen LogP contribution in [-0.4, -0.2) is 39.0 Å². The fourth-order valence-electron chi connectivity index (χ4n) is 4.74. The molecule has 1 aliphatic heterocycles. The number of aliphatic hydroxyl groups excluding tert-OH is 1. The number of hydrogen-bond donors (Lipinski definition) is 1. The number of benzene rings is 1. The Kier molecular flexibility index (Phi) is 4.38. The van der Waals surface area contributed by atoms with Crippen molar-refractivity contribution in [2.24, 2.45) is 7.05 Å². The molecule has 134 valence electrons. The van der Waals surface area contributed by atoms with Gasteiger partial charge in [0.15, 0.2) is 0 Å². The summed E-state index contributed by atoms with van der Waals surface area (Å²) in [6, 6.07) is 8.57. The summed E-state index contributed by atoms with van der Waals surface area (Å²) in [5, 5.41) is 16.1. The molecule has 2 aliphatic rings. The van der Waals surface area contributed by atoms with Gasteiger partial charge in [-0.2, -0.15) is 5.10 Å². The van der Waals surface area contributed by atoms with E-state index >= 15 is 0 Å². The van der Waals surface area contributed by atoms with Crippen molar-refractivity contribution in [2.45, 2.75) is 50.7 Å². The number of aliphatic hydroxyl groups is 1. The number of piperidine rings is 1. The first kappa shape index (κ1) is 17.1. The molecular formula is C20H26ClN3O. The minimum atomic E-state index is -0.250. The van der Waals surface area contributed by atoms with E-state index in [1.54, 1.807) is 4.68 Å². The second-order valence-corrected chi connectivity index (χ2v) is 7.86. The first-order chi connectivity index (χ1) is 12.0. The molecule has 2 heterocycles. The molecule has 0 bridgehead atoms. The molecule has 1 spiro atoms. The smallest absolute Gasteiger partial charge is 0.131 e. The third kappa shape index (κ3) is 2.71. The molecule has 4 nitrogen and oxygen atoms in total. The van der Waals surface area contributed by atoms with E-state index in [-0.39, 0.29) is 11.5 Å². The lowest BCUT2D eigenvalue weighted by Crippen LogP contribution is -2.47. The SMILES string of the molecule is CCc1nn(C)c(Cl)c1CN1CCC2(CC1)c1ccccc1CC2O. The van der Waals surface area contributed by atoms with Gasteiger partial charge in [-0.1, -0.05) is 42.8 Å². The molecule has 1 unspecified atom stereocenters. The van der Waals surface area contributed by atoms with E-state index in [4.69, 9.17) is 11.6 Å². The molecule has 0 amide bonds. The van der Waals surface area contributed by atoms with Crippen molar-refractivity contribution < 1.29 is 5.11 Å². The maximum atomic E-state index is 10.8. The molecule has 0 saturated carbocycles. The number of aryl methyl sites for hydroxylation is 2. The van der Waals surface area contributed by atoms with Gasteiger partial charge in [-0.15, -0.1) is 0 Å². The van der Waals surface area contributed by atoms with Gasteiger partial charge < -0.3 is 5.11 Å². The normalized spacial score (nSPS) is 22.5. The van der Waals surface area contributed by atoms with Crippen molar-refractivity contribution in [2.75, 3.05) is 13.1 Å². The first-order valence-electron chi connectivity index (χ1n) is 9.24. The van der Waals surface area contributed by atoms with Crippen LogP contribution in [-0.2, 0) is 31.8 Å². The molecule has 1 atom stereocenters. The fraction of sp³-hybridized carbons (Fsp3) is 0.550. The Balaban J connectivity index is 1.51. The van der Waals surface area contributed by atoms with E-state index in [0.717, 1.165) is 61.7 Å². The molecule has 1 fully saturated rings. The highest BCUT2D eigenvalue weighted by Crippen LogP contribution is 2.46. The molecule has 4 rings (SSSR count). The van der Waals surface area contributed by atoms with Gasteiger partial charge in [0.1, 0.15) is 5.15 Å². The van der Waals surface area contributed by atoms with Crippen molar-refractivity contribution in [3.8, 4) is 0 Å². The predicted molar refractivity (Wildman–Crippen MR) is 99.9 cm³/mol. The fourth-order valence-corrected chi connectivity index (χ4v) is 4.95. The lowest BCUT2D eigenvalue weighted by atomic mass is 9.72. The Bertz CT molecular complexity index is 777. The summed E-state index contributed by atoms with van der Waals surface area (Å²) in [6.45, 7) is 4.95. The first-order valence-corrected chi connectivity index (χ1v) is 9.62. The Morgan fingerprint density at radius 3 is 2.72 bits per heavy atom. The Hall–Kier alpha value is -1.36. The zero-order chi connectivity index (χ0) is 17.6. The van der Waals surface area contributed by atoms with Gasteiger partial charge in [0.05, 0.1) is 11.8 Å². The van der Waals surface area contributed by atoms with E-state index in [1.807, 2.05) is 7.05 Å². The van der Waals surface area contributed by atoms with Crippen LogP contribution in [0.2, 0.25) is 5.15 Å². The van der Waals surface area contributed by atoms with Crippen LogP contribution in [0.5, 0.6) is 0 Å². The molecule has 1 aromatic heterocycles. The average molecular weight is 360 g/mol. The van der Waals surface area contributed by atoms with E-state index in [1.165, 1.54) is 11.1 Å². The molecule has 0 radical (unpaired) electrons. The maximum absolute atomic E-state index is 10.8. The van der Waals surface area contributed by atoms with Gasteiger partial charge in [-0.3, -0.25) is 9.58 Å². The van der Waals surface area contributed by atoms with Gasteiger partial charge in [-0.05, 0) is 49.9 Å². The minimum Gasteiger partial charge on any atom is -0.392 e. The van der Waals surface area contributed by atoms with Crippen LogP contribution in [0.4, 0.5) is 0 Å². The number of nitrogens with zero attached hydrogens (tertiary/aromatic N) is 3. The van der Waals surface area contributed by atoms with Crippen LogP contribution in [0.1, 0.15) is 42.1 Å². The van der Waals surface area contributed by atoms with Crippen LogP contribution in [0.3, 0.4) is 0 Å². The zero-order valence-corrected chi connectivity index (χ0v) is 15.8. The Labute approximate surface area is 154 Å². The summed E-state index contributed by atoms with van der Waals surface area (Å²) in [5.41, 5.74) is 4.90. The lowest BCUT2D eigenvalue weighted by molar-refractivity contribution is 0.0413. The van der Waals surface area contributed by atoms with Crippen LogP contribution in [0.15, 0.2) is 24.3 Å². The molecule has 1 aromatic carbocycles. The second kappa shape index (κ2) is 6.42. The maximum Gasteiger partial charge on any atom is 0.131 e. The third-order valence-corrected chi connectivity index (χ3v) is 6.69. The summed E-state index contributed by atoms with van der Waals surface area (Å²) in [7, 11) is 1.90. The molecular weight excluding hydrogens is 334 g/mol. The predicted octanol–water partition coefficient (Wildman–Crippen LogP) is 3.09. The van der Waals surface area contributed by atoms with Gasteiger partial charge >= 0.3 is 0 Å². The minimum absolute atomic E-state index is 0.0561. The number of fused-ring (bicyclic) bond motifs is 2. The van der Waals surface area contributed by atoms with E-state index in [2.05, 4.69) is 41.2 Å². The molecule has 5 heteroatoms. The van der Waals surface area contributed by atoms with Gasteiger partial charge in [-0.25, -0.2) is 0 Å². The highest BCUT2D eigenvalue weighted by molar-refractivity contribution is 6.30. The van der Waals surface area contributed by atoms with Gasteiger partial charge in [0, 0.05) is 24.6 Å². The Morgan fingerprint density at radius 1 is 1.28 bits per heavy atom. The van der Waals surface area contributed by atoms with Gasteiger partial charge in [0.25, 0.3) is 0 Å². The molecule has 1 N–H and O–H groups in total. The summed E-state index contributed by atoms with van der Waals surface area (Å²) >= 11 is 6.46. The van der Waals surface area contributed by atoms with Crippen molar-refractivity contribution in [3.63, 3.8) is 0 Å². The summed E-state index contributed by atoms with van der Waals surface area (Å²) in [5.74, 6) is 0. The summed E-state index contributed by atoms with van der Waals surface area (Å²) < 4.78 is 1.78. The second-order valence-electron chi connectivity index (χ2n) is 7.50. The van der Waals surface area contributed by atoms with Crippen LogP contribution < -0.4 is 0 Å². The van der Waals surface area contributed by atoms with Crippen LogP contribution in [0.25, 0.3) is 0 Å². The van der Waals surface area contributed by atoms with Crippen molar-refractivity contribution in [1.82, 2.24) is 14.7 Å². The summed E-state index contributed by atoms with van der Waals surface area (Å²) in [6.07, 6.45) is 3.46. The number of likely N-dealkylation sites (tertiary alicyclic amines) is 1. The van der Waals surface area contributed by atoms with E-state index in [9.17, 15) is 5.11 Å². The number of aromatic nitrogens is 2. The highest BCUT2D eigenvalue weighted by atomic mass is 35.5. The van der Waals surface area contributed by atoms with Crippen LogP contribution in [0, 0.1) is 0 Å². The average Bonchev–Trinajstić information content (AvgIpc) is 3.05. The molecule has 1 aliphatic carbocycles. The largest absolute Gasteiger partial charge is 0.392 e. The molecule has 2 aromatic rings. The number of rotatable bonds is 3. The zero-order valence-electron chi connectivity index (χ0n) is 15.0. The Morgan fingerprint density at radius 2 is 2.00 bits per heavy atom. The van der Waals surface area contributed by atoms with Crippen molar-refractivity contribution >= 4 is 11.6 Å². The monoisotopic (exact) mass is 359 g/mol. The topological polar surface area (TPSA) is 41.3 Å². The number of hydrogen-bond acceptors (Lipinski definition) is 3. The van der Waals surface area contributed by atoms with E-state index in [0.29, 0.717) is 0 Å². The molecule has 1 saturated heterocycles. The lowest BCUT2D eigenvalue weighted by Gasteiger charge is -2.42. The highest BCUT2D eigenvalue weighted by Gasteiger charge is 2.47. The third-order valence-electron chi connectivity index (χ3n) is 6.22. The van der Waals surface area contributed by atoms with Crippen molar-refractivity contribution in [1.29, 1.82) is 0 Å². The van der Waals surface area contributed by atoms with Gasteiger partial charge in [0.2, 0.25) is 0 Å².